The number of nitro benzene ring substituents is 1. The summed E-state index contributed by atoms with van der Waals surface area (Å²) in [7, 11) is 1.47. The van der Waals surface area contributed by atoms with Gasteiger partial charge < -0.3 is 9.47 Å². The van der Waals surface area contributed by atoms with Gasteiger partial charge in [-0.25, -0.2) is 0 Å². The van der Waals surface area contributed by atoms with E-state index in [1.807, 2.05) is 0 Å². The summed E-state index contributed by atoms with van der Waals surface area (Å²) < 4.78 is 9.69. The van der Waals surface area contributed by atoms with Gasteiger partial charge in [-0.3, -0.25) is 19.7 Å². The molecule has 1 unspecified atom stereocenters. The van der Waals surface area contributed by atoms with E-state index in [9.17, 15) is 19.7 Å². The summed E-state index contributed by atoms with van der Waals surface area (Å²) in [5, 5.41) is 10.7. The third-order valence-electron chi connectivity index (χ3n) is 2.87. The topological polar surface area (TPSA) is 95.7 Å². The van der Waals surface area contributed by atoms with Crippen LogP contribution in [0.25, 0.3) is 0 Å². The van der Waals surface area contributed by atoms with Crippen molar-refractivity contribution in [2.75, 3.05) is 20.3 Å². The number of ketones is 1. The number of esters is 1. The van der Waals surface area contributed by atoms with Crippen LogP contribution in [0.1, 0.15) is 12.5 Å². The van der Waals surface area contributed by atoms with Crippen LogP contribution in [-0.2, 0) is 25.5 Å². The standard InChI is InChI=1S/C14H17NO6/c1-10(16)13(14(17)21-7-6-20-2)9-11-4-3-5-12(8-11)15(18)19/h3-5,8,13H,6-7,9H2,1-2H3. The minimum atomic E-state index is -0.969. The van der Waals surface area contributed by atoms with E-state index in [0.29, 0.717) is 5.56 Å². The smallest absolute Gasteiger partial charge is 0.316 e. The first-order chi connectivity index (χ1) is 9.95. The SMILES string of the molecule is COCCOC(=O)C(Cc1cccc([N+](=O)[O-])c1)C(C)=O. The number of nitro groups is 1. The third kappa shape index (κ3) is 5.31. The molecule has 0 saturated heterocycles. The molecule has 7 heteroatoms. The van der Waals surface area contributed by atoms with Crippen molar-refractivity contribution in [3.05, 3.63) is 39.9 Å². The van der Waals surface area contributed by atoms with Crippen molar-refractivity contribution in [2.45, 2.75) is 13.3 Å². The number of Topliss-reactive ketones (excluding diaryl/α,β-unsaturated/α-hetero) is 1. The zero-order chi connectivity index (χ0) is 15.8. The van der Waals surface area contributed by atoms with Gasteiger partial charge in [-0.2, -0.15) is 0 Å². The molecule has 0 saturated carbocycles. The molecule has 1 rings (SSSR count). The Hall–Kier alpha value is -2.28. The fourth-order valence-corrected chi connectivity index (χ4v) is 1.75. The fraction of sp³-hybridized carbons (Fsp3) is 0.429. The first kappa shape index (κ1) is 16.8. The molecule has 0 aliphatic rings. The third-order valence-corrected chi connectivity index (χ3v) is 2.87. The maximum Gasteiger partial charge on any atom is 0.316 e. The summed E-state index contributed by atoms with van der Waals surface area (Å²) in [5.41, 5.74) is 0.454. The Morgan fingerprint density at radius 2 is 2.05 bits per heavy atom. The zero-order valence-electron chi connectivity index (χ0n) is 11.9. The van der Waals surface area contributed by atoms with Crippen molar-refractivity contribution >= 4 is 17.4 Å². The molecule has 7 nitrogen and oxygen atoms in total. The molecule has 0 heterocycles. The number of benzene rings is 1. The normalized spacial score (nSPS) is 11.7. The largest absolute Gasteiger partial charge is 0.463 e. The lowest BCUT2D eigenvalue weighted by atomic mass is 9.96. The number of hydrogen-bond donors (Lipinski definition) is 0. The number of rotatable bonds is 8. The van der Waals surface area contributed by atoms with E-state index in [0.717, 1.165) is 0 Å². The van der Waals surface area contributed by atoms with Gasteiger partial charge in [0.2, 0.25) is 0 Å². The first-order valence-corrected chi connectivity index (χ1v) is 6.35. The number of carbonyl (C=O) groups excluding carboxylic acids is 2. The van der Waals surface area contributed by atoms with Crippen LogP contribution in [0.4, 0.5) is 5.69 Å². The Balaban J connectivity index is 2.78. The second-order valence-corrected chi connectivity index (χ2v) is 4.45. The van der Waals surface area contributed by atoms with E-state index in [1.54, 1.807) is 6.07 Å². The molecule has 0 aliphatic carbocycles. The molecule has 1 atom stereocenters. The molecule has 0 radical (unpaired) electrons. The first-order valence-electron chi connectivity index (χ1n) is 6.35. The van der Waals surface area contributed by atoms with Crippen molar-refractivity contribution in [1.29, 1.82) is 0 Å². The molecule has 0 N–H and O–H groups in total. The molecule has 0 spiro atoms. The van der Waals surface area contributed by atoms with Crippen LogP contribution >= 0.6 is 0 Å². The van der Waals surface area contributed by atoms with Crippen molar-refractivity contribution in [3.63, 3.8) is 0 Å². The number of hydrogen-bond acceptors (Lipinski definition) is 6. The van der Waals surface area contributed by atoms with Gasteiger partial charge in [0.15, 0.2) is 0 Å². The summed E-state index contributed by atoms with van der Waals surface area (Å²) in [6.07, 6.45) is 0.0723. The molecule has 1 aromatic rings. The van der Waals surface area contributed by atoms with Gasteiger partial charge in [0, 0.05) is 19.2 Å². The van der Waals surface area contributed by atoms with Crippen LogP contribution < -0.4 is 0 Å². The molecule has 21 heavy (non-hydrogen) atoms. The van der Waals surface area contributed by atoms with Gasteiger partial charge in [0.1, 0.15) is 18.3 Å². The van der Waals surface area contributed by atoms with Gasteiger partial charge in [-0.1, -0.05) is 12.1 Å². The lowest BCUT2D eigenvalue weighted by Crippen LogP contribution is -2.27. The molecule has 0 amide bonds. The van der Waals surface area contributed by atoms with Gasteiger partial charge >= 0.3 is 5.97 Å². The Morgan fingerprint density at radius 1 is 1.33 bits per heavy atom. The molecule has 0 aromatic heterocycles. The number of nitrogens with zero attached hydrogens (tertiary/aromatic N) is 1. The van der Waals surface area contributed by atoms with E-state index < -0.39 is 16.8 Å². The van der Waals surface area contributed by atoms with Crippen molar-refractivity contribution in [2.24, 2.45) is 5.92 Å². The Bertz CT molecular complexity index is 528. The summed E-state index contributed by atoms with van der Waals surface area (Å²) in [5.74, 6) is -1.96. The van der Waals surface area contributed by atoms with Crippen LogP contribution in [0.15, 0.2) is 24.3 Å². The Labute approximate surface area is 122 Å². The summed E-state index contributed by atoms with van der Waals surface area (Å²) in [4.78, 5) is 33.6. The highest BCUT2D eigenvalue weighted by Crippen LogP contribution is 2.17. The van der Waals surface area contributed by atoms with Crippen LogP contribution in [0.3, 0.4) is 0 Å². The zero-order valence-corrected chi connectivity index (χ0v) is 11.9. The van der Waals surface area contributed by atoms with Crippen molar-refractivity contribution < 1.29 is 24.0 Å². The van der Waals surface area contributed by atoms with E-state index in [-0.39, 0.29) is 31.1 Å². The molecular weight excluding hydrogens is 278 g/mol. The summed E-state index contributed by atoms with van der Waals surface area (Å²) in [6.45, 7) is 1.60. The molecule has 0 fully saturated rings. The number of methoxy groups -OCH3 is 1. The highest BCUT2D eigenvalue weighted by Gasteiger charge is 2.25. The second-order valence-electron chi connectivity index (χ2n) is 4.45. The highest BCUT2D eigenvalue weighted by atomic mass is 16.6. The second kappa shape index (κ2) is 8.11. The molecular formula is C14H17NO6. The average molecular weight is 295 g/mol. The average Bonchev–Trinajstić information content (AvgIpc) is 2.44. The Kier molecular flexibility index (Phi) is 6.48. The van der Waals surface area contributed by atoms with Gasteiger partial charge in [-0.15, -0.1) is 0 Å². The maximum atomic E-state index is 11.9. The number of non-ortho nitro benzene ring substituents is 1. The van der Waals surface area contributed by atoms with Crippen LogP contribution in [0, 0.1) is 16.0 Å². The molecule has 0 bridgehead atoms. The van der Waals surface area contributed by atoms with Gasteiger partial charge in [0.25, 0.3) is 5.69 Å². The number of ether oxygens (including phenoxy) is 2. The van der Waals surface area contributed by atoms with Crippen LogP contribution in [-0.4, -0.2) is 37.0 Å². The van der Waals surface area contributed by atoms with E-state index >= 15 is 0 Å². The molecule has 1 aromatic carbocycles. The van der Waals surface area contributed by atoms with Crippen molar-refractivity contribution in [1.82, 2.24) is 0 Å². The van der Waals surface area contributed by atoms with Crippen LogP contribution in [0.2, 0.25) is 0 Å². The minimum Gasteiger partial charge on any atom is -0.463 e. The van der Waals surface area contributed by atoms with Crippen LogP contribution in [0.5, 0.6) is 0 Å². The van der Waals surface area contributed by atoms with Gasteiger partial charge in [0.05, 0.1) is 11.5 Å². The summed E-state index contributed by atoms with van der Waals surface area (Å²) >= 11 is 0. The fourth-order valence-electron chi connectivity index (χ4n) is 1.75. The van der Waals surface area contributed by atoms with E-state index in [4.69, 9.17) is 9.47 Å². The lowest BCUT2D eigenvalue weighted by Gasteiger charge is -2.13. The lowest BCUT2D eigenvalue weighted by molar-refractivity contribution is -0.384. The predicted octanol–water partition coefficient (Wildman–Crippen LogP) is 1.53. The van der Waals surface area contributed by atoms with E-state index in [1.165, 1.54) is 32.2 Å². The molecule has 114 valence electrons. The van der Waals surface area contributed by atoms with E-state index in [2.05, 4.69) is 0 Å². The van der Waals surface area contributed by atoms with Crippen molar-refractivity contribution in [3.8, 4) is 0 Å². The summed E-state index contributed by atoms with van der Waals surface area (Å²) in [6, 6.07) is 5.84. The Morgan fingerprint density at radius 3 is 2.62 bits per heavy atom. The quantitative estimate of drug-likeness (QED) is 0.237. The predicted molar refractivity (Wildman–Crippen MR) is 73.8 cm³/mol. The number of carbonyl (C=O) groups is 2. The maximum absolute atomic E-state index is 11.9. The highest BCUT2D eigenvalue weighted by molar-refractivity contribution is 5.98. The monoisotopic (exact) mass is 295 g/mol. The van der Waals surface area contributed by atoms with Gasteiger partial charge in [-0.05, 0) is 18.9 Å². The minimum absolute atomic E-state index is 0.0635. The molecule has 0 aliphatic heterocycles.